The third-order valence-corrected chi connectivity index (χ3v) is 3.15. The van der Waals surface area contributed by atoms with Crippen molar-refractivity contribution in [2.75, 3.05) is 19.7 Å². The average Bonchev–Trinajstić information content (AvgIpc) is 2.84. The maximum absolute atomic E-state index is 13.3. The van der Waals surface area contributed by atoms with Crippen LogP contribution >= 0.6 is 0 Å². The molecule has 3 N–H and O–H groups in total. The SMILES string of the molecule is O=C1CC(NCC(O)COCc2ccccc2F)CN1. The van der Waals surface area contributed by atoms with Gasteiger partial charge in [-0.2, -0.15) is 0 Å². The lowest BCUT2D eigenvalue weighted by Crippen LogP contribution is -2.38. The monoisotopic (exact) mass is 282 g/mol. The number of hydrogen-bond donors (Lipinski definition) is 3. The van der Waals surface area contributed by atoms with Gasteiger partial charge in [0.2, 0.25) is 5.91 Å². The van der Waals surface area contributed by atoms with Crippen LogP contribution in [0.15, 0.2) is 24.3 Å². The number of hydrogen-bond acceptors (Lipinski definition) is 4. The molecule has 2 rings (SSSR count). The summed E-state index contributed by atoms with van der Waals surface area (Å²) in [7, 11) is 0. The van der Waals surface area contributed by atoms with Crippen molar-refractivity contribution in [2.45, 2.75) is 25.2 Å². The summed E-state index contributed by atoms with van der Waals surface area (Å²) in [5.41, 5.74) is 0.471. The first-order valence-electron chi connectivity index (χ1n) is 6.64. The predicted molar refractivity (Wildman–Crippen MR) is 71.5 cm³/mol. The van der Waals surface area contributed by atoms with Crippen molar-refractivity contribution in [2.24, 2.45) is 0 Å². The number of ether oxygens (including phenoxy) is 1. The topological polar surface area (TPSA) is 70.6 Å². The molecule has 0 aromatic heterocycles. The lowest BCUT2D eigenvalue weighted by molar-refractivity contribution is -0.119. The zero-order chi connectivity index (χ0) is 14.4. The van der Waals surface area contributed by atoms with Gasteiger partial charge >= 0.3 is 0 Å². The average molecular weight is 282 g/mol. The lowest BCUT2D eigenvalue weighted by atomic mass is 10.2. The fourth-order valence-corrected chi connectivity index (χ4v) is 2.03. The van der Waals surface area contributed by atoms with E-state index in [2.05, 4.69) is 10.6 Å². The van der Waals surface area contributed by atoms with Gasteiger partial charge in [0.1, 0.15) is 5.82 Å². The van der Waals surface area contributed by atoms with Crippen LogP contribution in [0.3, 0.4) is 0 Å². The van der Waals surface area contributed by atoms with Gasteiger partial charge in [0.15, 0.2) is 0 Å². The number of nitrogens with one attached hydrogen (secondary N) is 2. The summed E-state index contributed by atoms with van der Waals surface area (Å²) < 4.78 is 18.6. The highest BCUT2D eigenvalue weighted by Gasteiger charge is 2.21. The van der Waals surface area contributed by atoms with Crippen LogP contribution in [0.4, 0.5) is 4.39 Å². The Bertz CT molecular complexity index is 456. The van der Waals surface area contributed by atoms with E-state index in [1.165, 1.54) is 6.07 Å². The Hall–Kier alpha value is -1.50. The molecule has 1 aromatic rings. The van der Waals surface area contributed by atoms with Crippen LogP contribution in [0.5, 0.6) is 0 Å². The van der Waals surface area contributed by atoms with Gasteiger partial charge in [0, 0.05) is 31.1 Å². The van der Waals surface area contributed by atoms with Crippen LogP contribution in [-0.4, -0.2) is 42.9 Å². The summed E-state index contributed by atoms with van der Waals surface area (Å²) in [5, 5.41) is 15.5. The minimum atomic E-state index is -0.683. The van der Waals surface area contributed by atoms with E-state index in [1.54, 1.807) is 18.2 Å². The second-order valence-corrected chi connectivity index (χ2v) is 4.87. The number of benzene rings is 1. The molecule has 1 aliphatic rings. The van der Waals surface area contributed by atoms with Crippen molar-refractivity contribution in [1.82, 2.24) is 10.6 Å². The first-order chi connectivity index (χ1) is 9.65. The molecular weight excluding hydrogens is 263 g/mol. The summed E-state index contributed by atoms with van der Waals surface area (Å²) >= 11 is 0. The standard InChI is InChI=1S/C14H19FN2O3/c15-13-4-2-1-3-10(13)8-20-9-12(18)7-16-11-5-14(19)17-6-11/h1-4,11-12,16,18H,5-9H2,(H,17,19). The molecule has 0 bridgehead atoms. The first-order valence-corrected chi connectivity index (χ1v) is 6.64. The van der Waals surface area contributed by atoms with E-state index in [0.29, 0.717) is 25.1 Å². The van der Waals surface area contributed by atoms with Crippen LogP contribution in [0.1, 0.15) is 12.0 Å². The quantitative estimate of drug-likeness (QED) is 0.667. The third kappa shape index (κ3) is 4.56. The molecule has 0 aliphatic carbocycles. The molecule has 1 amide bonds. The normalized spacial score (nSPS) is 19.9. The summed E-state index contributed by atoms with van der Waals surface area (Å²) in [6.07, 6.45) is -0.250. The van der Waals surface area contributed by atoms with Crippen molar-refractivity contribution in [3.8, 4) is 0 Å². The van der Waals surface area contributed by atoms with Gasteiger partial charge in [-0.25, -0.2) is 4.39 Å². The molecule has 20 heavy (non-hydrogen) atoms. The number of carbonyl (C=O) groups excluding carboxylic acids is 1. The fraction of sp³-hybridized carbons (Fsp3) is 0.500. The molecule has 1 aliphatic heterocycles. The molecular formula is C14H19FN2O3. The lowest BCUT2D eigenvalue weighted by Gasteiger charge is -2.15. The van der Waals surface area contributed by atoms with E-state index >= 15 is 0 Å². The van der Waals surface area contributed by atoms with Crippen LogP contribution < -0.4 is 10.6 Å². The van der Waals surface area contributed by atoms with Crippen LogP contribution in [0.2, 0.25) is 0 Å². The Morgan fingerprint density at radius 1 is 1.50 bits per heavy atom. The largest absolute Gasteiger partial charge is 0.389 e. The number of aliphatic hydroxyl groups is 1. The molecule has 0 spiro atoms. The number of carbonyl (C=O) groups is 1. The molecule has 0 saturated carbocycles. The zero-order valence-corrected chi connectivity index (χ0v) is 11.1. The molecule has 2 unspecified atom stereocenters. The summed E-state index contributed by atoms with van der Waals surface area (Å²) in [4.78, 5) is 11.0. The highest BCUT2D eigenvalue weighted by atomic mass is 19.1. The summed E-state index contributed by atoms with van der Waals surface area (Å²) in [5.74, 6) is -0.288. The van der Waals surface area contributed by atoms with Gasteiger partial charge < -0.3 is 20.5 Å². The number of halogens is 1. The minimum absolute atomic E-state index is 0.0211. The molecule has 5 nitrogen and oxygen atoms in total. The Morgan fingerprint density at radius 3 is 3.00 bits per heavy atom. The first kappa shape index (κ1) is 14.9. The number of aliphatic hydroxyl groups excluding tert-OH is 1. The van der Waals surface area contributed by atoms with Crippen LogP contribution in [0.25, 0.3) is 0 Å². The maximum atomic E-state index is 13.3. The highest BCUT2D eigenvalue weighted by molar-refractivity contribution is 5.78. The van der Waals surface area contributed by atoms with Gasteiger partial charge in [-0.05, 0) is 6.07 Å². The smallest absolute Gasteiger partial charge is 0.221 e. The van der Waals surface area contributed by atoms with E-state index in [4.69, 9.17) is 4.74 Å². The van der Waals surface area contributed by atoms with Crippen molar-refractivity contribution in [3.05, 3.63) is 35.6 Å². The second-order valence-electron chi connectivity index (χ2n) is 4.87. The minimum Gasteiger partial charge on any atom is -0.389 e. The molecule has 1 heterocycles. The van der Waals surface area contributed by atoms with Gasteiger partial charge in [-0.3, -0.25) is 4.79 Å². The molecule has 2 atom stereocenters. The van der Waals surface area contributed by atoms with Crippen molar-refractivity contribution in [3.63, 3.8) is 0 Å². The summed E-state index contributed by atoms with van der Waals surface area (Å²) in [6, 6.07) is 6.44. The van der Waals surface area contributed by atoms with Crippen molar-refractivity contribution >= 4 is 5.91 Å². The van der Waals surface area contributed by atoms with E-state index in [1.807, 2.05) is 0 Å². The Labute approximate surface area is 117 Å². The van der Waals surface area contributed by atoms with E-state index < -0.39 is 6.10 Å². The third-order valence-electron chi connectivity index (χ3n) is 3.15. The number of amides is 1. The van der Waals surface area contributed by atoms with Gasteiger partial charge in [0.05, 0.1) is 19.3 Å². The van der Waals surface area contributed by atoms with Gasteiger partial charge in [-0.15, -0.1) is 0 Å². The Balaban J connectivity index is 1.62. The van der Waals surface area contributed by atoms with Gasteiger partial charge in [0.25, 0.3) is 0 Å². The Morgan fingerprint density at radius 2 is 2.30 bits per heavy atom. The molecule has 1 saturated heterocycles. The molecule has 0 radical (unpaired) electrons. The van der Waals surface area contributed by atoms with Crippen LogP contribution in [-0.2, 0) is 16.1 Å². The summed E-state index contributed by atoms with van der Waals surface area (Å²) in [6.45, 7) is 1.18. The van der Waals surface area contributed by atoms with Gasteiger partial charge in [-0.1, -0.05) is 18.2 Å². The van der Waals surface area contributed by atoms with E-state index in [9.17, 15) is 14.3 Å². The van der Waals surface area contributed by atoms with Crippen molar-refractivity contribution in [1.29, 1.82) is 0 Å². The van der Waals surface area contributed by atoms with Crippen molar-refractivity contribution < 1.29 is 19.0 Å². The maximum Gasteiger partial charge on any atom is 0.221 e. The van der Waals surface area contributed by atoms with E-state index in [-0.39, 0.29) is 31.0 Å². The molecule has 1 fully saturated rings. The molecule has 6 heteroatoms. The predicted octanol–water partition coefficient (Wildman–Crippen LogP) is 0.181. The molecule has 1 aromatic carbocycles. The number of rotatable bonds is 7. The van der Waals surface area contributed by atoms with Crippen LogP contribution in [0, 0.1) is 5.82 Å². The molecule has 110 valence electrons. The van der Waals surface area contributed by atoms with E-state index in [0.717, 1.165) is 0 Å². The highest BCUT2D eigenvalue weighted by Crippen LogP contribution is 2.07. The fourth-order valence-electron chi connectivity index (χ4n) is 2.03. The Kier molecular flexibility index (Phi) is 5.46. The second kappa shape index (κ2) is 7.33. The zero-order valence-electron chi connectivity index (χ0n) is 11.1.